The minimum absolute atomic E-state index is 0.460. The lowest BCUT2D eigenvalue weighted by molar-refractivity contribution is 0.414. The molecule has 1 N–H and O–H groups in total. The van der Waals surface area contributed by atoms with Crippen molar-refractivity contribution in [2.45, 2.75) is 6.54 Å². The molecule has 0 saturated carbocycles. The van der Waals surface area contributed by atoms with Crippen LogP contribution in [0, 0.1) is 11.3 Å². The number of ether oxygens (including phenoxy) is 1. The Morgan fingerprint density at radius 3 is 2.58 bits per heavy atom. The highest BCUT2D eigenvalue weighted by Gasteiger charge is 2.05. The molecule has 2 rings (SSSR count). The first-order chi connectivity index (χ1) is 9.24. The van der Waals surface area contributed by atoms with Gasteiger partial charge in [-0.25, -0.2) is 0 Å². The van der Waals surface area contributed by atoms with E-state index in [0.717, 1.165) is 17.0 Å². The Labute approximate surface area is 117 Å². The van der Waals surface area contributed by atoms with Crippen LogP contribution in [0.15, 0.2) is 42.5 Å². The smallest absolute Gasteiger partial charge is 0.118 e. The van der Waals surface area contributed by atoms with Gasteiger partial charge in [0, 0.05) is 6.54 Å². The normalized spacial score (nSPS) is 9.74. The van der Waals surface area contributed by atoms with Crippen LogP contribution in [0.4, 0.5) is 5.69 Å². The summed E-state index contributed by atoms with van der Waals surface area (Å²) in [5.74, 6) is 0.823. The van der Waals surface area contributed by atoms with Gasteiger partial charge in [-0.05, 0) is 29.8 Å². The van der Waals surface area contributed by atoms with E-state index in [0.29, 0.717) is 17.1 Å². The number of anilines is 1. The quantitative estimate of drug-likeness (QED) is 0.920. The fraction of sp³-hybridized carbons (Fsp3) is 0.133. The highest BCUT2D eigenvalue weighted by molar-refractivity contribution is 6.32. The summed E-state index contributed by atoms with van der Waals surface area (Å²) < 4.78 is 5.10. The second-order valence-electron chi connectivity index (χ2n) is 3.98. The van der Waals surface area contributed by atoms with E-state index in [1.54, 1.807) is 13.2 Å². The number of halogens is 1. The van der Waals surface area contributed by atoms with Gasteiger partial charge in [0.05, 0.1) is 23.4 Å². The van der Waals surface area contributed by atoms with E-state index in [1.165, 1.54) is 0 Å². The van der Waals surface area contributed by atoms with Crippen LogP contribution in [-0.4, -0.2) is 7.11 Å². The van der Waals surface area contributed by atoms with Gasteiger partial charge in [-0.2, -0.15) is 5.26 Å². The molecule has 2 aromatic carbocycles. The number of methoxy groups -OCH3 is 1. The maximum atomic E-state index is 9.07. The second kappa shape index (κ2) is 6.12. The molecule has 0 bridgehead atoms. The lowest BCUT2D eigenvalue weighted by Crippen LogP contribution is -2.01. The monoisotopic (exact) mass is 272 g/mol. The Hall–Kier alpha value is -2.18. The molecule has 0 aromatic heterocycles. The van der Waals surface area contributed by atoms with Crippen LogP contribution in [0.1, 0.15) is 11.1 Å². The van der Waals surface area contributed by atoms with E-state index < -0.39 is 0 Å². The first kappa shape index (κ1) is 13.3. The molecule has 0 fully saturated rings. The summed E-state index contributed by atoms with van der Waals surface area (Å²) in [6.45, 7) is 0.624. The van der Waals surface area contributed by atoms with Crippen LogP contribution >= 0.6 is 11.6 Å². The third kappa shape index (κ3) is 3.18. The van der Waals surface area contributed by atoms with E-state index in [9.17, 15) is 0 Å². The molecule has 0 aliphatic heterocycles. The molecule has 0 aliphatic rings. The van der Waals surface area contributed by atoms with Crippen molar-refractivity contribution in [1.82, 2.24) is 0 Å². The summed E-state index contributed by atoms with van der Waals surface area (Å²) in [5, 5.41) is 12.7. The largest absolute Gasteiger partial charge is 0.497 e. The third-order valence-electron chi connectivity index (χ3n) is 2.77. The van der Waals surface area contributed by atoms with Gasteiger partial charge >= 0.3 is 0 Å². The maximum Gasteiger partial charge on any atom is 0.118 e. The van der Waals surface area contributed by atoms with Crippen molar-refractivity contribution >= 4 is 17.3 Å². The molecule has 0 amide bonds. The zero-order valence-electron chi connectivity index (χ0n) is 10.5. The van der Waals surface area contributed by atoms with Gasteiger partial charge in [0.1, 0.15) is 11.8 Å². The summed E-state index contributed by atoms with van der Waals surface area (Å²) in [4.78, 5) is 0. The zero-order chi connectivity index (χ0) is 13.7. The highest BCUT2D eigenvalue weighted by atomic mass is 35.5. The molecular formula is C15H13ClN2O. The van der Waals surface area contributed by atoms with Crippen molar-refractivity contribution in [2.24, 2.45) is 0 Å². The zero-order valence-corrected chi connectivity index (χ0v) is 11.2. The van der Waals surface area contributed by atoms with Crippen LogP contribution in [0.25, 0.3) is 0 Å². The number of rotatable bonds is 4. The van der Waals surface area contributed by atoms with E-state index in [4.69, 9.17) is 21.6 Å². The van der Waals surface area contributed by atoms with E-state index >= 15 is 0 Å². The predicted octanol–water partition coefficient (Wildman–Crippen LogP) is 3.83. The molecule has 0 aliphatic carbocycles. The minimum atomic E-state index is 0.460. The molecule has 0 heterocycles. The van der Waals surface area contributed by atoms with Crippen molar-refractivity contribution in [3.63, 3.8) is 0 Å². The molecule has 0 spiro atoms. The van der Waals surface area contributed by atoms with Crippen LogP contribution in [-0.2, 0) is 6.54 Å². The molecule has 3 nitrogen and oxygen atoms in total. The predicted molar refractivity (Wildman–Crippen MR) is 76.5 cm³/mol. The Bertz CT molecular complexity index is 603. The van der Waals surface area contributed by atoms with Crippen molar-refractivity contribution in [3.8, 4) is 11.8 Å². The molecule has 0 radical (unpaired) electrons. The minimum Gasteiger partial charge on any atom is -0.497 e. The number of benzene rings is 2. The average Bonchev–Trinajstić information content (AvgIpc) is 2.45. The summed E-state index contributed by atoms with van der Waals surface area (Å²) in [5.41, 5.74) is 2.31. The molecule has 96 valence electrons. The topological polar surface area (TPSA) is 45.0 Å². The van der Waals surface area contributed by atoms with Crippen LogP contribution in [0.5, 0.6) is 5.75 Å². The molecule has 2 aromatic rings. The van der Waals surface area contributed by atoms with Gasteiger partial charge in [0.15, 0.2) is 0 Å². The molecule has 19 heavy (non-hydrogen) atoms. The Morgan fingerprint density at radius 1 is 1.21 bits per heavy atom. The fourth-order valence-electron chi connectivity index (χ4n) is 1.73. The van der Waals surface area contributed by atoms with Gasteiger partial charge in [0.25, 0.3) is 0 Å². The van der Waals surface area contributed by atoms with Gasteiger partial charge in [-0.15, -0.1) is 0 Å². The number of nitrogens with one attached hydrogen (secondary N) is 1. The molecule has 0 saturated heterocycles. The maximum absolute atomic E-state index is 9.07. The Kier molecular flexibility index (Phi) is 4.27. The second-order valence-corrected chi connectivity index (χ2v) is 4.38. The highest BCUT2D eigenvalue weighted by Crippen LogP contribution is 2.23. The molecular weight excluding hydrogens is 260 g/mol. The molecule has 0 unspecified atom stereocenters. The van der Waals surface area contributed by atoms with E-state index in [-0.39, 0.29) is 0 Å². The lowest BCUT2D eigenvalue weighted by Gasteiger charge is -2.09. The Morgan fingerprint density at radius 2 is 1.95 bits per heavy atom. The number of nitriles is 1. The van der Waals surface area contributed by atoms with Crippen LogP contribution in [0.3, 0.4) is 0 Å². The van der Waals surface area contributed by atoms with E-state index in [2.05, 4.69) is 11.4 Å². The van der Waals surface area contributed by atoms with Crippen LogP contribution < -0.4 is 10.1 Å². The van der Waals surface area contributed by atoms with Gasteiger partial charge in [-0.3, -0.25) is 0 Å². The lowest BCUT2D eigenvalue weighted by atomic mass is 10.1. The first-order valence-corrected chi connectivity index (χ1v) is 6.18. The van der Waals surface area contributed by atoms with E-state index in [1.807, 2.05) is 36.4 Å². The fourth-order valence-corrected chi connectivity index (χ4v) is 1.94. The number of nitrogens with zero attached hydrogens (tertiary/aromatic N) is 1. The van der Waals surface area contributed by atoms with Crippen molar-refractivity contribution in [3.05, 3.63) is 58.6 Å². The average molecular weight is 273 g/mol. The summed E-state index contributed by atoms with van der Waals surface area (Å²) in [6.07, 6.45) is 0. The van der Waals surface area contributed by atoms with Gasteiger partial charge in [-0.1, -0.05) is 29.8 Å². The summed E-state index contributed by atoms with van der Waals surface area (Å²) >= 11 is 5.97. The molecule has 4 heteroatoms. The van der Waals surface area contributed by atoms with Gasteiger partial charge < -0.3 is 10.1 Å². The third-order valence-corrected chi connectivity index (χ3v) is 3.08. The first-order valence-electron chi connectivity index (χ1n) is 5.80. The van der Waals surface area contributed by atoms with Gasteiger partial charge in [0.2, 0.25) is 0 Å². The standard InChI is InChI=1S/C15H13ClN2O/c1-19-12-7-5-11(6-8-12)10-18-15-4-2-3-14(16)13(15)9-17/h2-8,18H,10H2,1H3. The number of hydrogen-bond acceptors (Lipinski definition) is 3. The Balaban J connectivity index is 2.10. The van der Waals surface area contributed by atoms with Crippen LogP contribution in [0.2, 0.25) is 5.02 Å². The van der Waals surface area contributed by atoms with Crippen molar-refractivity contribution < 1.29 is 4.74 Å². The molecule has 0 atom stereocenters. The van der Waals surface area contributed by atoms with Crippen molar-refractivity contribution in [1.29, 1.82) is 5.26 Å². The number of hydrogen-bond donors (Lipinski definition) is 1. The van der Waals surface area contributed by atoms with Crippen molar-refractivity contribution in [2.75, 3.05) is 12.4 Å². The SMILES string of the molecule is COc1ccc(CNc2cccc(Cl)c2C#N)cc1. The summed E-state index contributed by atoms with van der Waals surface area (Å²) in [6, 6.07) is 15.2. The summed E-state index contributed by atoms with van der Waals surface area (Å²) in [7, 11) is 1.64.